The zero-order chi connectivity index (χ0) is 17.8. The van der Waals surface area contributed by atoms with E-state index in [9.17, 15) is 14.4 Å². The van der Waals surface area contributed by atoms with Crippen LogP contribution in [0.25, 0.3) is 0 Å². The Hall–Kier alpha value is -3.15. The molecule has 128 valence electrons. The normalized spacial score (nSPS) is 16.3. The molecule has 0 bridgehead atoms. The summed E-state index contributed by atoms with van der Waals surface area (Å²) in [5, 5.41) is 7.56. The average Bonchev–Trinajstić information content (AvgIpc) is 2.93. The van der Waals surface area contributed by atoms with Gasteiger partial charge in [0.05, 0.1) is 0 Å². The van der Waals surface area contributed by atoms with Crippen molar-refractivity contribution >= 4 is 23.5 Å². The van der Waals surface area contributed by atoms with Crippen LogP contribution in [0.1, 0.15) is 29.2 Å². The van der Waals surface area contributed by atoms with Gasteiger partial charge in [-0.1, -0.05) is 42.0 Å². The molecule has 1 aliphatic rings. The molecule has 2 aromatic carbocycles. The zero-order valence-electron chi connectivity index (χ0n) is 13.8. The monoisotopic (exact) mass is 337 g/mol. The van der Waals surface area contributed by atoms with Crippen LogP contribution < -0.4 is 16.0 Å². The maximum absolute atomic E-state index is 12.1. The average molecular weight is 337 g/mol. The minimum atomic E-state index is -0.725. The maximum Gasteiger partial charge on any atom is 0.322 e. The number of imide groups is 1. The molecule has 25 heavy (non-hydrogen) atoms. The van der Waals surface area contributed by atoms with Gasteiger partial charge in [-0.05, 0) is 36.6 Å². The van der Waals surface area contributed by atoms with Crippen LogP contribution in [0.5, 0.6) is 0 Å². The third kappa shape index (κ3) is 4.23. The predicted octanol–water partition coefficient (Wildman–Crippen LogP) is 2.45. The largest absolute Gasteiger partial charge is 0.326 e. The molecule has 1 heterocycles. The first-order valence-electron chi connectivity index (χ1n) is 8.08. The molecule has 3 N–H and O–H groups in total. The van der Waals surface area contributed by atoms with Crippen molar-refractivity contribution in [2.24, 2.45) is 0 Å². The summed E-state index contributed by atoms with van der Waals surface area (Å²) in [5.74, 6) is -0.495. The first-order chi connectivity index (χ1) is 12.0. The smallest absolute Gasteiger partial charge is 0.322 e. The van der Waals surface area contributed by atoms with E-state index in [-0.39, 0.29) is 5.91 Å². The molecule has 3 rings (SSSR count). The molecule has 1 atom stereocenters. The number of hydrogen-bond acceptors (Lipinski definition) is 3. The number of hydrogen-bond donors (Lipinski definition) is 3. The number of urea groups is 1. The van der Waals surface area contributed by atoms with Gasteiger partial charge < -0.3 is 10.6 Å². The van der Waals surface area contributed by atoms with Crippen LogP contribution in [0.15, 0.2) is 48.5 Å². The van der Waals surface area contributed by atoms with E-state index < -0.39 is 18.0 Å². The van der Waals surface area contributed by atoms with Crippen LogP contribution in [0.3, 0.4) is 0 Å². The van der Waals surface area contributed by atoms with E-state index in [0.29, 0.717) is 24.1 Å². The topological polar surface area (TPSA) is 87.3 Å². The SMILES string of the molecule is Cc1ccc(CCC(=O)Nc2cccc(C3NC(=O)NC3=O)c2)cc1. The number of benzene rings is 2. The van der Waals surface area contributed by atoms with Gasteiger partial charge in [0.1, 0.15) is 6.04 Å². The summed E-state index contributed by atoms with van der Waals surface area (Å²) in [7, 11) is 0. The lowest BCUT2D eigenvalue weighted by atomic mass is 10.1. The third-order valence-electron chi connectivity index (χ3n) is 4.04. The highest BCUT2D eigenvalue weighted by molar-refractivity contribution is 6.04. The Kier molecular flexibility index (Phi) is 4.79. The lowest BCUT2D eigenvalue weighted by Crippen LogP contribution is -2.22. The summed E-state index contributed by atoms with van der Waals surface area (Å²) in [6.45, 7) is 2.02. The molecule has 0 aromatic heterocycles. The van der Waals surface area contributed by atoms with Crippen molar-refractivity contribution in [3.05, 3.63) is 65.2 Å². The first-order valence-corrected chi connectivity index (χ1v) is 8.08. The number of carbonyl (C=O) groups excluding carboxylic acids is 3. The van der Waals surface area contributed by atoms with Crippen molar-refractivity contribution in [2.75, 3.05) is 5.32 Å². The van der Waals surface area contributed by atoms with Crippen LogP contribution >= 0.6 is 0 Å². The van der Waals surface area contributed by atoms with E-state index in [2.05, 4.69) is 16.0 Å². The quantitative estimate of drug-likeness (QED) is 0.732. The molecule has 1 unspecified atom stereocenters. The van der Waals surface area contributed by atoms with E-state index in [1.165, 1.54) is 5.56 Å². The molecule has 0 saturated carbocycles. The lowest BCUT2D eigenvalue weighted by molar-refractivity contribution is -0.120. The minimum Gasteiger partial charge on any atom is -0.326 e. The maximum atomic E-state index is 12.1. The highest BCUT2D eigenvalue weighted by Crippen LogP contribution is 2.20. The molecular formula is C19H19N3O3. The highest BCUT2D eigenvalue weighted by Gasteiger charge is 2.30. The first kappa shape index (κ1) is 16.7. The summed E-state index contributed by atoms with van der Waals surface area (Å²) in [4.78, 5) is 35.1. The van der Waals surface area contributed by atoms with Crippen molar-refractivity contribution in [3.63, 3.8) is 0 Å². The highest BCUT2D eigenvalue weighted by atomic mass is 16.2. The third-order valence-corrected chi connectivity index (χ3v) is 4.04. The lowest BCUT2D eigenvalue weighted by Gasteiger charge is -2.11. The van der Waals surface area contributed by atoms with E-state index in [1.54, 1.807) is 24.3 Å². The molecule has 6 nitrogen and oxygen atoms in total. The number of aryl methyl sites for hydroxylation is 2. The Balaban J connectivity index is 1.60. The van der Waals surface area contributed by atoms with Crippen molar-refractivity contribution < 1.29 is 14.4 Å². The fraction of sp³-hybridized carbons (Fsp3) is 0.211. The standard InChI is InChI=1S/C19H19N3O3/c1-12-5-7-13(8-6-12)9-10-16(23)20-15-4-2-3-14(11-15)17-18(24)22-19(25)21-17/h2-8,11,17H,9-10H2,1H3,(H,20,23)(H2,21,22,24,25). The second kappa shape index (κ2) is 7.17. The van der Waals surface area contributed by atoms with Crippen LogP contribution in [0, 0.1) is 6.92 Å². The zero-order valence-corrected chi connectivity index (χ0v) is 13.8. The van der Waals surface area contributed by atoms with Crippen LogP contribution in [-0.4, -0.2) is 17.8 Å². The van der Waals surface area contributed by atoms with E-state index in [1.807, 2.05) is 31.2 Å². The fourth-order valence-electron chi connectivity index (χ4n) is 2.68. The minimum absolute atomic E-state index is 0.0994. The molecule has 0 aliphatic carbocycles. The van der Waals surface area contributed by atoms with E-state index in [4.69, 9.17) is 0 Å². The van der Waals surface area contributed by atoms with Gasteiger partial charge in [-0.2, -0.15) is 0 Å². The molecular weight excluding hydrogens is 318 g/mol. The number of carbonyl (C=O) groups is 3. The van der Waals surface area contributed by atoms with Crippen LogP contribution in [0.4, 0.5) is 10.5 Å². The number of nitrogens with one attached hydrogen (secondary N) is 3. The summed E-state index contributed by atoms with van der Waals surface area (Å²) in [6.07, 6.45) is 1.03. The van der Waals surface area contributed by atoms with Crippen LogP contribution in [0.2, 0.25) is 0 Å². The van der Waals surface area contributed by atoms with E-state index >= 15 is 0 Å². The van der Waals surface area contributed by atoms with Gasteiger partial charge in [-0.3, -0.25) is 14.9 Å². The van der Waals surface area contributed by atoms with Crippen LogP contribution in [-0.2, 0) is 16.0 Å². The molecule has 1 aliphatic heterocycles. The number of anilines is 1. The van der Waals surface area contributed by atoms with Gasteiger partial charge in [0.2, 0.25) is 5.91 Å². The van der Waals surface area contributed by atoms with Gasteiger partial charge in [-0.25, -0.2) is 4.79 Å². The Morgan fingerprint density at radius 1 is 1.12 bits per heavy atom. The Morgan fingerprint density at radius 2 is 1.88 bits per heavy atom. The Labute approximate surface area is 145 Å². The molecule has 6 heteroatoms. The predicted molar refractivity (Wildman–Crippen MR) is 94.0 cm³/mol. The summed E-state index contributed by atoms with van der Waals surface area (Å²) < 4.78 is 0. The Morgan fingerprint density at radius 3 is 2.56 bits per heavy atom. The van der Waals surface area contributed by atoms with Crippen molar-refractivity contribution in [1.29, 1.82) is 0 Å². The Bertz CT molecular complexity index is 815. The summed E-state index contributed by atoms with van der Waals surface area (Å²) >= 11 is 0. The number of rotatable bonds is 5. The number of amides is 4. The van der Waals surface area contributed by atoms with E-state index in [0.717, 1.165) is 5.56 Å². The fourth-order valence-corrected chi connectivity index (χ4v) is 2.68. The molecule has 1 saturated heterocycles. The molecule has 4 amide bonds. The second-order valence-corrected chi connectivity index (χ2v) is 6.05. The van der Waals surface area contributed by atoms with Gasteiger partial charge >= 0.3 is 6.03 Å². The van der Waals surface area contributed by atoms with Crippen molar-refractivity contribution in [1.82, 2.24) is 10.6 Å². The molecule has 2 aromatic rings. The summed E-state index contributed by atoms with van der Waals surface area (Å²) in [5.41, 5.74) is 3.52. The van der Waals surface area contributed by atoms with Crippen molar-refractivity contribution in [3.8, 4) is 0 Å². The van der Waals surface area contributed by atoms with Gasteiger partial charge in [0, 0.05) is 12.1 Å². The van der Waals surface area contributed by atoms with Crippen molar-refractivity contribution in [2.45, 2.75) is 25.8 Å². The molecule has 1 fully saturated rings. The van der Waals surface area contributed by atoms with Gasteiger partial charge in [0.15, 0.2) is 0 Å². The second-order valence-electron chi connectivity index (χ2n) is 6.05. The summed E-state index contributed by atoms with van der Waals surface area (Å²) in [6, 6.07) is 13.8. The molecule has 0 radical (unpaired) electrons. The molecule has 0 spiro atoms. The van der Waals surface area contributed by atoms with Gasteiger partial charge in [-0.15, -0.1) is 0 Å². The van der Waals surface area contributed by atoms with Gasteiger partial charge in [0.25, 0.3) is 5.91 Å².